The fraction of sp³-hybridized carbons (Fsp3) is 0.0417. The predicted octanol–water partition coefficient (Wildman–Crippen LogP) is 6.84. The van der Waals surface area contributed by atoms with Crippen LogP contribution in [0, 0.1) is 0 Å². The van der Waals surface area contributed by atoms with E-state index in [0.717, 1.165) is 17.3 Å². The first-order valence-corrected chi connectivity index (χ1v) is 11.2. The number of halogens is 2. The van der Waals surface area contributed by atoms with Crippen LogP contribution in [0.3, 0.4) is 0 Å². The van der Waals surface area contributed by atoms with Crippen LogP contribution < -0.4 is 4.74 Å². The molecule has 0 aliphatic rings. The van der Waals surface area contributed by atoms with Crippen molar-refractivity contribution in [1.82, 2.24) is 10.2 Å². The molecule has 4 rings (SSSR count). The number of aromatic nitrogens is 2. The zero-order valence-electron chi connectivity index (χ0n) is 16.9. The molecule has 4 aromatic rings. The summed E-state index contributed by atoms with van der Waals surface area (Å²) < 4.78 is 11.5. The van der Waals surface area contributed by atoms with Crippen molar-refractivity contribution in [1.29, 1.82) is 0 Å². The molecule has 0 atom stereocenters. The first kappa shape index (κ1) is 22.9. The van der Waals surface area contributed by atoms with E-state index in [1.807, 2.05) is 18.2 Å². The number of aliphatic carboxylic acids is 1. The molecule has 0 unspecified atom stereocenters. The molecule has 6 nitrogen and oxygen atoms in total. The van der Waals surface area contributed by atoms with Gasteiger partial charge < -0.3 is 14.3 Å². The van der Waals surface area contributed by atoms with Crippen LogP contribution in [0.4, 0.5) is 0 Å². The summed E-state index contributed by atoms with van der Waals surface area (Å²) in [5.74, 6) is -0.316. The monoisotopic (exact) mass is 498 g/mol. The number of nitrogens with zero attached hydrogens (tertiary/aromatic N) is 2. The van der Waals surface area contributed by atoms with Gasteiger partial charge in [0.05, 0.1) is 0 Å². The number of hydrogen-bond donors (Lipinski definition) is 1. The van der Waals surface area contributed by atoms with Crippen molar-refractivity contribution in [2.24, 2.45) is 0 Å². The average Bonchev–Trinajstić information content (AvgIpc) is 3.28. The van der Waals surface area contributed by atoms with Gasteiger partial charge in [-0.3, -0.25) is 0 Å². The van der Waals surface area contributed by atoms with Crippen molar-refractivity contribution < 1.29 is 19.1 Å². The molecule has 0 amide bonds. The molecule has 3 aromatic carbocycles. The fourth-order valence-corrected chi connectivity index (χ4v) is 3.72. The number of carboxylic acids is 1. The number of carboxylic acid groups (broad SMARTS) is 1. The van der Waals surface area contributed by atoms with Crippen LogP contribution >= 0.6 is 35.0 Å². The van der Waals surface area contributed by atoms with E-state index in [-0.39, 0.29) is 16.0 Å². The Morgan fingerprint density at radius 2 is 1.64 bits per heavy atom. The van der Waals surface area contributed by atoms with Gasteiger partial charge in [0.2, 0.25) is 5.89 Å². The van der Waals surface area contributed by atoms with E-state index >= 15 is 0 Å². The van der Waals surface area contributed by atoms with Crippen molar-refractivity contribution in [2.45, 2.75) is 11.8 Å². The second-order valence-electron chi connectivity index (χ2n) is 6.75. The molecule has 0 radical (unpaired) electrons. The highest BCUT2D eigenvalue weighted by atomic mass is 35.5. The Labute approximate surface area is 203 Å². The van der Waals surface area contributed by atoms with Gasteiger partial charge in [-0.15, -0.1) is 10.2 Å². The number of hydrogen-bond acceptors (Lipinski definition) is 6. The number of rotatable bonds is 8. The highest BCUT2D eigenvalue weighted by Crippen LogP contribution is 2.32. The molecular weight excluding hydrogens is 483 g/mol. The Hall–Kier alpha value is -3.26. The van der Waals surface area contributed by atoms with E-state index in [0.29, 0.717) is 33.5 Å². The maximum Gasteiger partial charge on any atom is 0.342 e. The number of benzene rings is 3. The minimum atomic E-state index is -1.13. The minimum absolute atomic E-state index is 0.00356. The molecule has 0 bridgehead atoms. The first-order chi connectivity index (χ1) is 16.0. The molecule has 166 valence electrons. The summed E-state index contributed by atoms with van der Waals surface area (Å²) >= 11 is 12.7. The zero-order chi connectivity index (χ0) is 23.2. The fourth-order valence-electron chi connectivity index (χ4n) is 2.80. The van der Waals surface area contributed by atoms with Gasteiger partial charge in [-0.2, -0.15) is 0 Å². The summed E-state index contributed by atoms with van der Waals surface area (Å²) in [6.07, 6.45) is 1.51. The van der Waals surface area contributed by atoms with Crippen LogP contribution in [0.5, 0.6) is 5.75 Å². The summed E-state index contributed by atoms with van der Waals surface area (Å²) in [7, 11) is 0. The molecular formula is C24H16Cl2N2O4S. The minimum Gasteiger partial charge on any atom is -0.488 e. The molecule has 9 heteroatoms. The Balaban J connectivity index is 1.53. The van der Waals surface area contributed by atoms with E-state index in [4.69, 9.17) is 32.4 Å². The maximum atomic E-state index is 11.9. The smallest absolute Gasteiger partial charge is 0.342 e. The highest BCUT2D eigenvalue weighted by Gasteiger charge is 2.17. The largest absolute Gasteiger partial charge is 0.488 e. The van der Waals surface area contributed by atoms with E-state index in [2.05, 4.69) is 10.2 Å². The third-order valence-electron chi connectivity index (χ3n) is 4.42. The van der Waals surface area contributed by atoms with Crippen LogP contribution in [-0.4, -0.2) is 21.3 Å². The number of carbonyl (C=O) groups is 1. The molecule has 1 heterocycles. The lowest BCUT2D eigenvalue weighted by Crippen LogP contribution is -1.99. The number of thioether (sulfide) groups is 1. The SMILES string of the molecule is O=C(O)/C(=C/c1ccccc1OCc1ccc(Cl)cc1)Sc1nnc(-c2ccc(Cl)cc2)o1. The van der Waals surface area contributed by atoms with Crippen LogP contribution in [0.25, 0.3) is 17.5 Å². The second-order valence-corrected chi connectivity index (χ2v) is 8.61. The normalized spacial score (nSPS) is 11.4. The van der Waals surface area contributed by atoms with Gasteiger partial charge in [0.25, 0.3) is 5.22 Å². The predicted molar refractivity (Wildman–Crippen MR) is 128 cm³/mol. The molecule has 1 N–H and O–H groups in total. The lowest BCUT2D eigenvalue weighted by atomic mass is 10.2. The topological polar surface area (TPSA) is 85.5 Å². The summed E-state index contributed by atoms with van der Waals surface area (Å²) in [5.41, 5.74) is 2.22. The van der Waals surface area contributed by atoms with Gasteiger partial charge in [0.15, 0.2) is 0 Å². The molecule has 33 heavy (non-hydrogen) atoms. The maximum absolute atomic E-state index is 11.9. The highest BCUT2D eigenvalue weighted by molar-refractivity contribution is 8.03. The average molecular weight is 499 g/mol. The van der Waals surface area contributed by atoms with E-state index in [1.165, 1.54) is 6.08 Å². The molecule has 0 spiro atoms. The Morgan fingerprint density at radius 3 is 2.33 bits per heavy atom. The number of para-hydroxylation sites is 1. The van der Waals surface area contributed by atoms with E-state index in [1.54, 1.807) is 54.6 Å². The molecule has 0 fully saturated rings. The van der Waals surface area contributed by atoms with Crippen LogP contribution in [0.1, 0.15) is 11.1 Å². The summed E-state index contributed by atoms with van der Waals surface area (Å²) in [4.78, 5) is 11.9. The van der Waals surface area contributed by atoms with Crippen molar-refractivity contribution in [3.05, 3.63) is 98.9 Å². The van der Waals surface area contributed by atoms with Crippen molar-refractivity contribution in [3.63, 3.8) is 0 Å². The lowest BCUT2D eigenvalue weighted by molar-refractivity contribution is -0.131. The zero-order valence-corrected chi connectivity index (χ0v) is 19.3. The Morgan fingerprint density at radius 1 is 0.970 bits per heavy atom. The molecule has 0 saturated carbocycles. The van der Waals surface area contributed by atoms with Crippen LogP contribution in [0.2, 0.25) is 10.0 Å². The van der Waals surface area contributed by atoms with Crippen LogP contribution in [-0.2, 0) is 11.4 Å². The van der Waals surface area contributed by atoms with Gasteiger partial charge in [-0.05, 0) is 65.9 Å². The van der Waals surface area contributed by atoms with E-state index < -0.39 is 5.97 Å². The Bertz CT molecular complexity index is 1290. The second kappa shape index (κ2) is 10.6. The Kier molecular flexibility index (Phi) is 7.34. The van der Waals surface area contributed by atoms with E-state index in [9.17, 15) is 9.90 Å². The molecule has 0 aliphatic carbocycles. The standard InChI is InChI=1S/C24H16Cl2N2O4S/c25-18-9-5-15(6-10-18)14-31-20-4-2-1-3-17(20)13-21(23(29)30)33-24-28-27-22(32-24)16-7-11-19(26)12-8-16/h1-13H,14H2,(H,29,30)/b21-13-. The first-order valence-electron chi connectivity index (χ1n) is 9.66. The third kappa shape index (κ3) is 6.16. The van der Waals surface area contributed by atoms with Crippen LogP contribution in [0.15, 0.2) is 87.3 Å². The van der Waals surface area contributed by atoms with Gasteiger partial charge in [-0.1, -0.05) is 53.5 Å². The third-order valence-corrected chi connectivity index (χ3v) is 5.77. The summed E-state index contributed by atoms with van der Waals surface area (Å²) in [6, 6.07) is 21.4. The molecule has 1 aromatic heterocycles. The van der Waals surface area contributed by atoms with Crippen molar-refractivity contribution >= 4 is 47.0 Å². The number of ether oxygens (including phenoxy) is 1. The van der Waals surface area contributed by atoms with Crippen molar-refractivity contribution in [3.8, 4) is 17.2 Å². The van der Waals surface area contributed by atoms with Crippen molar-refractivity contribution in [2.75, 3.05) is 0 Å². The van der Waals surface area contributed by atoms with Gasteiger partial charge in [0, 0.05) is 21.2 Å². The van der Waals surface area contributed by atoms with Gasteiger partial charge in [-0.25, -0.2) is 4.79 Å². The molecule has 0 aliphatic heterocycles. The summed E-state index contributed by atoms with van der Waals surface area (Å²) in [6.45, 7) is 0.311. The summed E-state index contributed by atoms with van der Waals surface area (Å²) in [5, 5.41) is 19.0. The van der Waals surface area contributed by atoms with Gasteiger partial charge in [0.1, 0.15) is 17.3 Å². The molecule has 0 saturated heterocycles. The lowest BCUT2D eigenvalue weighted by Gasteiger charge is -2.10. The quantitative estimate of drug-likeness (QED) is 0.210. The van der Waals surface area contributed by atoms with Gasteiger partial charge >= 0.3 is 5.97 Å².